The lowest BCUT2D eigenvalue weighted by Gasteiger charge is -2.14. The summed E-state index contributed by atoms with van der Waals surface area (Å²) in [5.74, 6) is -1.49. The van der Waals surface area contributed by atoms with Gasteiger partial charge in [0.2, 0.25) is 0 Å². The molecule has 0 bridgehead atoms. The molecule has 0 aliphatic heterocycles. The second-order valence-electron chi connectivity index (χ2n) is 3.87. The lowest BCUT2D eigenvalue weighted by atomic mass is 10.0. The van der Waals surface area contributed by atoms with Crippen LogP contribution in [0.25, 0.3) is 0 Å². The minimum absolute atomic E-state index is 0.294. The highest BCUT2D eigenvalue weighted by Gasteiger charge is 2.23. The Balaban J connectivity index is 2.55. The summed E-state index contributed by atoms with van der Waals surface area (Å²) in [7, 11) is 1.60. The normalized spacial score (nSPS) is 12.8. The molecule has 0 radical (unpaired) electrons. The summed E-state index contributed by atoms with van der Waals surface area (Å²) in [6.07, 6.45) is 0.104. The van der Waals surface area contributed by atoms with E-state index >= 15 is 0 Å². The summed E-state index contributed by atoms with van der Waals surface area (Å²) in [6.45, 7) is 1.52. The SMILES string of the molecule is Cc1ccc(F)c(C(O)c2ccnn2C)c1F. The van der Waals surface area contributed by atoms with Crippen LogP contribution < -0.4 is 0 Å². The molecule has 3 nitrogen and oxygen atoms in total. The third-order valence-corrected chi connectivity index (χ3v) is 2.73. The number of hydrogen-bond donors (Lipinski definition) is 1. The van der Waals surface area contributed by atoms with Crippen LogP contribution in [-0.4, -0.2) is 14.9 Å². The van der Waals surface area contributed by atoms with Gasteiger partial charge in [-0.15, -0.1) is 0 Å². The van der Waals surface area contributed by atoms with E-state index in [0.717, 1.165) is 6.07 Å². The first-order valence-corrected chi connectivity index (χ1v) is 5.13. The van der Waals surface area contributed by atoms with Crippen LogP contribution in [0.2, 0.25) is 0 Å². The summed E-state index contributed by atoms with van der Waals surface area (Å²) in [6, 6.07) is 4.00. The number of aromatic nitrogens is 2. The number of aliphatic hydroxyl groups excluding tert-OH is 1. The van der Waals surface area contributed by atoms with Crippen molar-refractivity contribution in [2.45, 2.75) is 13.0 Å². The monoisotopic (exact) mass is 238 g/mol. The van der Waals surface area contributed by atoms with Crippen LogP contribution in [0.15, 0.2) is 24.4 Å². The van der Waals surface area contributed by atoms with Crippen LogP contribution in [-0.2, 0) is 7.05 Å². The maximum Gasteiger partial charge on any atom is 0.135 e. The number of aliphatic hydroxyl groups is 1. The lowest BCUT2D eigenvalue weighted by molar-refractivity contribution is 0.198. The largest absolute Gasteiger partial charge is 0.382 e. The van der Waals surface area contributed by atoms with Gasteiger partial charge in [0.15, 0.2) is 0 Å². The Hall–Kier alpha value is -1.75. The number of rotatable bonds is 2. The van der Waals surface area contributed by atoms with Gasteiger partial charge in [0.25, 0.3) is 0 Å². The highest BCUT2D eigenvalue weighted by Crippen LogP contribution is 2.27. The molecule has 5 heteroatoms. The van der Waals surface area contributed by atoms with E-state index in [2.05, 4.69) is 5.10 Å². The van der Waals surface area contributed by atoms with Crippen molar-refractivity contribution < 1.29 is 13.9 Å². The highest BCUT2D eigenvalue weighted by atomic mass is 19.1. The molecule has 0 aliphatic carbocycles. The predicted molar refractivity (Wildman–Crippen MR) is 58.4 cm³/mol. The molecule has 0 fully saturated rings. The quantitative estimate of drug-likeness (QED) is 0.870. The predicted octanol–water partition coefficient (Wildman–Crippen LogP) is 2.09. The van der Waals surface area contributed by atoms with E-state index in [-0.39, 0.29) is 5.56 Å². The van der Waals surface area contributed by atoms with E-state index in [0.29, 0.717) is 11.3 Å². The van der Waals surface area contributed by atoms with Gasteiger partial charge >= 0.3 is 0 Å². The van der Waals surface area contributed by atoms with Crippen molar-refractivity contribution in [3.63, 3.8) is 0 Å². The molecule has 0 saturated heterocycles. The summed E-state index contributed by atoms with van der Waals surface area (Å²) in [4.78, 5) is 0. The second-order valence-corrected chi connectivity index (χ2v) is 3.87. The fourth-order valence-electron chi connectivity index (χ4n) is 1.73. The summed E-state index contributed by atoms with van der Waals surface area (Å²) < 4.78 is 28.8. The first kappa shape index (κ1) is 11.7. The zero-order chi connectivity index (χ0) is 12.6. The van der Waals surface area contributed by atoms with Gasteiger partial charge < -0.3 is 5.11 Å². The van der Waals surface area contributed by atoms with Gasteiger partial charge in [0.05, 0.1) is 11.3 Å². The van der Waals surface area contributed by atoms with Gasteiger partial charge in [0, 0.05) is 13.2 Å². The zero-order valence-electron chi connectivity index (χ0n) is 9.48. The van der Waals surface area contributed by atoms with Gasteiger partial charge in [0.1, 0.15) is 17.7 Å². The van der Waals surface area contributed by atoms with Gasteiger partial charge in [-0.3, -0.25) is 4.68 Å². The van der Waals surface area contributed by atoms with Crippen molar-refractivity contribution in [1.29, 1.82) is 0 Å². The molecule has 2 aromatic rings. The Morgan fingerprint density at radius 1 is 1.29 bits per heavy atom. The number of halogens is 2. The number of aryl methyl sites for hydroxylation is 2. The third kappa shape index (κ3) is 1.93. The Bertz CT molecular complexity index is 551. The van der Waals surface area contributed by atoms with E-state index in [4.69, 9.17) is 0 Å². The standard InChI is InChI=1S/C12H12F2N2O/c1-7-3-4-8(13)10(11(7)14)12(17)9-5-6-15-16(9)2/h3-6,12,17H,1-2H3. The van der Waals surface area contributed by atoms with Crippen molar-refractivity contribution in [1.82, 2.24) is 9.78 Å². The Morgan fingerprint density at radius 3 is 2.59 bits per heavy atom. The molecule has 17 heavy (non-hydrogen) atoms. The fourth-order valence-corrected chi connectivity index (χ4v) is 1.73. The smallest absolute Gasteiger partial charge is 0.135 e. The lowest BCUT2D eigenvalue weighted by Crippen LogP contribution is -2.11. The third-order valence-electron chi connectivity index (χ3n) is 2.73. The maximum absolute atomic E-state index is 13.8. The molecule has 90 valence electrons. The van der Waals surface area contributed by atoms with Crippen molar-refractivity contribution >= 4 is 0 Å². The second kappa shape index (κ2) is 4.25. The Kier molecular flexibility index (Phi) is 2.93. The van der Waals surface area contributed by atoms with E-state index in [1.807, 2.05) is 0 Å². The Labute approximate surface area is 97.3 Å². The first-order chi connectivity index (χ1) is 8.02. The minimum Gasteiger partial charge on any atom is -0.382 e. The maximum atomic E-state index is 13.8. The molecule has 1 heterocycles. The molecule has 0 amide bonds. The molecule has 0 saturated carbocycles. The molecule has 0 aliphatic rings. The van der Waals surface area contributed by atoms with Gasteiger partial charge in [-0.25, -0.2) is 8.78 Å². The summed E-state index contributed by atoms with van der Waals surface area (Å²) >= 11 is 0. The molecule has 2 rings (SSSR count). The van der Waals surface area contributed by atoms with Crippen LogP contribution in [0.5, 0.6) is 0 Å². The molecular weight excluding hydrogens is 226 g/mol. The fraction of sp³-hybridized carbons (Fsp3) is 0.250. The van der Waals surface area contributed by atoms with Crippen LogP contribution in [0, 0.1) is 18.6 Å². The van der Waals surface area contributed by atoms with Crippen molar-refractivity contribution in [3.8, 4) is 0 Å². The molecular formula is C12H12F2N2O. The molecule has 0 spiro atoms. The van der Waals surface area contributed by atoms with Crippen LogP contribution >= 0.6 is 0 Å². The van der Waals surface area contributed by atoms with Gasteiger partial charge in [-0.1, -0.05) is 6.07 Å². The summed E-state index contributed by atoms with van der Waals surface area (Å²) in [5, 5.41) is 13.9. The van der Waals surface area contributed by atoms with Crippen molar-refractivity contribution in [2.24, 2.45) is 7.05 Å². The number of benzene rings is 1. The van der Waals surface area contributed by atoms with E-state index < -0.39 is 17.7 Å². The van der Waals surface area contributed by atoms with E-state index in [9.17, 15) is 13.9 Å². The Morgan fingerprint density at radius 2 is 2.00 bits per heavy atom. The van der Waals surface area contributed by atoms with Crippen LogP contribution in [0.1, 0.15) is 22.9 Å². The van der Waals surface area contributed by atoms with Crippen molar-refractivity contribution in [3.05, 3.63) is 52.9 Å². The zero-order valence-corrected chi connectivity index (χ0v) is 9.48. The van der Waals surface area contributed by atoms with E-state index in [1.165, 1.54) is 29.9 Å². The van der Waals surface area contributed by atoms with Gasteiger partial charge in [-0.2, -0.15) is 5.10 Å². The van der Waals surface area contributed by atoms with E-state index in [1.54, 1.807) is 7.05 Å². The average molecular weight is 238 g/mol. The highest BCUT2D eigenvalue weighted by molar-refractivity contribution is 5.32. The molecule has 1 N–H and O–H groups in total. The molecule has 1 aromatic heterocycles. The summed E-state index contributed by atoms with van der Waals surface area (Å²) in [5.41, 5.74) is 0.296. The molecule has 1 unspecified atom stereocenters. The van der Waals surface area contributed by atoms with Gasteiger partial charge in [-0.05, 0) is 24.6 Å². The molecule has 1 aromatic carbocycles. The number of nitrogens with zero attached hydrogens (tertiary/aromatic N) is 2. The molecule has 1 atom stereocenters. The topological polar surface area (TPSA) is 38.1 Å². The first-order valence-electron chi connectivity index (χ1n) is 5.13. The van der Waals surface area contributed by atoms with Crippen LogP contribution in [0.4, 0.5) is 8.78 Å². The number of hydrogen-bond acceptors (Lipinski definition) is 2. The van der Waals surface area contributed by atoms with Crippen LogP contribution in [0.3, 0.4) is 0 Å². The van der Waals surface area contributed by atoms with Crippen molar-refractivity contribution in [2.75, 3.05) is 0 Å². The minimum atomic E-state index is -1.36. The average Bonchev–Trinajstić information content (AvgIpc) is 2.70.